The van der Waals surface area contributed by atoms with Crippen LogP contribution < -0.4 is 0 Å². The molecule has 0 aliphatic carbocycles. The Bertz CT molecular complexity index is 1030. The minimum absolute atomic E-state index is 0.0517. The minimum atomic E-state index is -0.324. The lowest BCUT2D eigenvalue weighted by Crippen LogP contribution is -2.14. The fraction of sp³-hybridized carbons (Fsp3) is 0.167. The average molecular weight is 369 g/mol. The molecule has 3 heterocycles. The summed E-state index contributed by atoms with van der Waals surface area (Å²) in [4.78, 5) is 17.1. The number of para-hydroxylation sites is 1. The summed E-state index contributed by atoms with van der Waals surface area (Å²) in [6.07, 6.45) is 0. The van der Waals surface area contributed by atoms with E-state index in [2.05, 4.69) is 15.2 Å². The lowest BCUT2D eigenvalue weighted by atomic mass is 10.1. The zero-order valence-corrected chi connectivity index (χ0v) is 15.3. The van der Waals surface area contributed by atoms with Crippen LogP contribution in [-0.2, 0) is 0 Å². The van der Waals surface area contributed by atoms with E-state index < -0.39 is 0 Å². The van der Waals surface area contributed by atoms with Crippen LogP contribution in [0.5, 0.6) is 0 Å². The predicted molar refractivity (Wildman–Crippen MR) is 100 cm³/mol. The lowest BCUT2D eigenvalue weighted by molar-refractivity contribution is 0.0994. The number of H-pyrrole nitrogens is 1. The standard InChI is InChI=1S/C18H15N3O2S2/c1-10-15(12-6-3-4-7-13(12)19-10)16(22)11(2)25-18-21-20-17(23-18)14-8-5-9-24-14/h3-9,11,19H,1-2H3/t11-/m1/s1. The van der Waals surface area contributed by atoms with Gasteiger partial charge in [0.15, 0.2) is 5.78 Å². The van der Waals surface area contributed by atoms with Gasteiger partial charge in [-0.25, -0.2) is 0 Å². The van der Waals surface area contributed by atoms with Gasteiger partial charge in [0.05, 0.1) is 10.1 Å². The topological polar surface area (TPSA) is 71.8 Å². The van der Waals surface area contributed by atoms with Crippen LogP contribution in [0.4, 0.5) is 0 Å². The second-order valence-electron chi connectivity index (χ2n) is 5.65. The number of nitrogens with one attached hydrogen (secondary N) is 1. The van der Waals surface area contributed by atoms with Crippen molar-refractivity contribution < 1.29 is 9.21 Å². The number of ketones is 1. The number of fused-ring (bicyclic) bond motifs is 1. The minimum Gasteiger partial charge on any atom is -0.410 e. The molecular formula is C18H15N3O2S2. The summed E-state index contributed by atoms with van der Waals surface area (Å²) < 4.78 is 5.68. The third kappa shape index (κ3) is 3.01. The molecule has 126 valence electrons. The van der Waals surface area contributed by atoms with Crippen LogP contribution in [0.1, 0.15) is 23.0 Å². The fourth-order valence-electron chi connectivity index (χ4n) is 2.76. The first kappa shape index (κ1) is 16.1. The Morgan fingerprint density at radius 3 is 2.88 bits per heavy atom. The molecule has 1 N–H and O–H groups in total. The van der Waals surface area contributed by atoms with Crippen molar-refractivity contribution >= 4 is 39.8 Å². The van der Waals surface area contributed by atoms with E-state index in [4.69, 9.17) is 4.42 Å². The van der Waals surface area contributed by atoms with Crippen molar-refractivity contribution in [2.75, 3.05) is 0 Å². The van der Waals surface area contributed by atoms with Gasteiger partial charge >= 0.3 is 0 Å². The molecule has 7 heteroatoms. The highest BCUT2D eigenvalue weighted by molar-refractivity contribution is 8.00. The van der Waals surface area contributed by atoms with E-state index in [0.717, 1.165) is 27.0 Å². The van der Waals surface area contributed by atoms with Gasteiger partial charge in [-0.2, -0.15) is 0 Å². The third-order valence-corrected chi connectivity index (χ3v) is 5.72. The maximum atomic E-state index is 13.0. The smallest absolute Gasteiger partial charge is 0.277 e. The summed E-state index contributed by atoms with van der Waals surface area (Å²) in [5, 5.41) is 11.1. The normalized spacial score (nSPS) is 12.6. The van der Waals surface area contributed by atoms with Crippen molar-refractivity contribution in [2.24, 2.45) is 0 Å². The quantitative estimate of drug-likeness (QED) is 0.398. The molecule has 0 fully saturated rings. The van der Waals surface area contributed by atoms with Gasteiger partial charge < -0.3 is 9.40 Å². The molecule has 1 aromatic carbocycles. The first-order valence-corrected chi connectivity index (χ1v) is 9.55. The summed E-state index contributed by atoms with van der Waals surface area (Å²) in [5.74, 6) is 0.538. The van der Waals surface area contributed by atoms with E-state index in [1.807, 2.05) is 55.6 Å². The number of aromatic nitrogens is 3. The number of carbonyl (C=O) groups excluding carboxylic acids is 1. The highest BCUT2D eigenvalue weighted by Gasteiger charge is 2.24. The van der Waals surface area contributed by atoms with Gasteiger partial charge in [-0.15, -0.1) is 21.5 Å². The van der Waals surface area contributed by atoms with Gasteiger partial charge in [0.25, 0.3) is 11.1 Å². The largest absolute Gasteiger partial charge is 0.410 e. The number of benzene rings is 1. The Labute approximate surface area is 152 Å². The summed E-state index contributed by atoms with van der Waals surface area (Å²) in [5.41, 5.74) is 2.58. The number of thiophene rings is 1. The van der Waals surface area contributed by atoms with Crippen molar-refractivity contribution in [2.45, 2.75) is 24.3 Å². The highest BCUT2D eigenvalue weighted by atomic mass is 32.2. The Balaban J connectivity index is 1.57. The Morgan fingerprint density at radius 1 is 1.24 bits per heavy atom. The second-order valence-corrected chi connectivity index (χ2v) is 7.89. The molecule has 0 radical (unpaired) electrons. The summed E-state index contributed by atoms with van der Waals surface area (Å²) in [6, 6.07) is 11.7. The van der Waals surface area contributed by atoms with Crippen LogP contribution in [0, 0.1) is 6.92 Å². The van der Waals surface area contributed by atoms with E-state index in [-0.39, 0.29) is 11.0 Å². The molecule has 3 aromatic heterocycles. The van der Waals surface area contributed by atoms with Gasteiger partial charge in [0, 0.05) is 22.2 Å². The molecule has 4 rings (SSSR count). The number of aromatic amines is 1. The molecule has 0 aliphatic heterocycles. The lowest BCUT2D eigenvalue weighted by Gasteiger charge is -2.07. The molecular weight excluding hydrogens is 354 g/mol. The Kier molecular flexibility index (Phi) is 4.19. The number of thioether (sulfide) groups is 1. The molecule has 0 saturated heterocycles. The zero-order valence-electron chi connectivity index (χ0n) is 13.6. The van der Waals surface area contributed by atoms with Crippen molar-refractivity contribution in [3.63, 3.8) is 0 Å². The van der Waals surface area contributed by atoms with Crippen molar-refractivity contribution in [1.29, 1.82) is 0 Å². The number of rotatable bonds is 5. The molecule has 0 bridgehead atoms. The summed E-state index contributed by atoms with van der Waals surface area (Å²) >= 11 is 2.83. The number of carbonyl (C=O) groups is 1. The van der Waals surface area contributed by atoms with Crippen LogP contribution in [0.2, 0.25) is 0 Å². The molecule has 1 atom stereocenters. The van der Waals surface area contributed by atoms with Crippen molar-refractivity contribution in [3.8, 4) is 10.8 Å². The first-order valence-electron chi connectivity index (χ1n) is 7.79. The Morgan fingerprint density at radius 2 is 2.08 bits per heavy atom. The SMILES string of the molecule is Cc1[nH]c2ccccc2c1C(=O)[C@@H](C)Sc1nnc(-c2cccs2)o1. The van der Waals surface area contributed by atoms with E-state index in [9.17, 15) is 4.79 Å². The van der Waals surface area contributed by atoms with Crippen LogP contribution in [0.25, 0.3) is 21.7 Å². The van der Waals surface area contributed by atoms with Crippen molar-refractivity contribution in [1.82, 2.24) is 15.2 Å². The fourth-order valence-corrected chi connectivity index (χ4v) is 4.15. The van der Waals surface area contributed by atoms with Crippen molar-refractivity contribution in [3.05, 3.63) is 53.0 Å². The summed E-state index contributed by atoms with van der Waals surface area (Å²) in [6.45, 7) is 3.79. The van der Waals surface area contributed by atoms with Crippen LogP contribution in [0.3, 0.4) is 0 Å². The molecule has 0 aliphatic rings. The van der Waals surface area contributed by atoms with Crippen LogP contribution >= 0.6 is 23.1 Å². The Hall–Kier alpha value is -2.38. The van der Waals surface area contributed by atoms with Gasteiger partial charge in [-0.3, -0.25) is 4.79 Å². The molecule has 4 aromatic rings. The number of Topliss-reactive ketones (excluding diaryl/α,β-unsaturated/α-hetero) is 1. The van der Waals surface area contributed by atoms with Crippen LogP contribution in [-0.4, -0.2) is 26.2 Å². The molecule has 0 unspecified atom stereocenters. The molecule has 0 spiro atoms. The highest BCUT2D eigenvalue weighted by Crippen LogP contribution is 2.31. The average Bonchev–Trinajstić information content (AvgIpc) is 3.32. The van der Waals surface area contributed by atoms with Gasteiger partial charge in [0.2, 0.25) is 0 Å². The molecule has 5 nitrogen and oxygen atoms in total. The van der Waals surface area contributed by atoms with Crippen LogP contribution in [0.15, 0.2) is 51.4 Å². The number of hydrogen-bond donors (Lipinski definition) is 1. The van der Waals surface area contributed by atoms with E-state index >= 15 is 0 Å². The van der Waals surface area contributed by atoms with Gasteiger partial charge in [-0.1, -0.05) is 36.0 Å². The predicted octanol–water partition coefficient (Wildman–Crippen LogP) is 4.95. The maximum absolute atomic E-state index is 13.0. The number of aryl methyl sites for hydroxylation is 1. The maximum Gasteiger partial charge on any atom is 0.277 e. The van der Waals surface area contributed by atoms with Gasteiger partial charge in [0.1, 0.15) is 0 Å². The molecule has 0 saturated carbocycles. The first-order chi connectivity index (χ1) is 12.1. The third-order valence-electron chi connectivity index (χ3n) is 3.93. The van der Waals surface area contributed by atoms with E-state index in [1.54, 1.807) is 0 Å². The number of hydrogen-bond acceptors (Lipinski definition) is 6. The second kappa shape index (κ2) is 6.50. The van der Waals surface area contributed by atoms with E-state index in [0.29, 0.717) is 11.1 Å². The monoisotopic (exact) mass is 369 g/mol. The molecule has 25 heavy (non-hydrogen) atoms. The van der Waals surface area contributed by atoms with Gasteiger partial charge in [-0.05, 0) is 31.4 Å². The zero-order chi connectivity index (χ0) is 17.4. The van der Waals surface area contributed by atoms with E-state index in [1.165, 1.54) is 23.1 Å². The number of nitrogens with zero attached hydrogens (tertiary/aromatic N) is 2. The summed E-state index contributed by atoms with van der Waals surface area (Å²) in [7, 11) is 0. The molecule has 0 amide bonds.